The van der Waals surface area contributed by atoms with Gasteiger partial charge < -0.3 is 11.1 Å². The van der Waals surface area contributed by atoms with E-state index < -0.39 is 0 Å². The van der Waals surface area contributed by atoms with Crippen LogP contribution in [0.5, 0.6) is 0 Å². The molecule has 0 aromatic heterocycles. The van der Waals surface area contributed by atoms with Crippen LogP contribution < -0.4 is 11.1 Å². The zero-order valence-corrected chi connectivity index (χ0v) is 11.7. The fourth-order valence-electron chi connectivity index (χ4n) is 2.37. The number of hydrogen-bond donors (Lipinski definition) is 2. The topological polar surface area (TPSA) is 38.0 Å². The van der Waals surface area contributed by atoms with Crippen molar-refractivity contribution < 1.29 is 0 Å². The molecule has 0 aliphatic carbocycles. The van der Waals surface area contributed by atoms with Gasteiger partial charge >= 0.3 is 0 Å². The normalized spacial score (nSPS) is 12.4. The number of rotatable bonds is 5. The van der Waals surface area contributed by atoms with Gasteiger partial charge in [0.05, 0.1) is 6.04 Å². The first kappa shape index (κ1) is 13.8. The highest BCUT2D eigenvalue weighted by molar-refractivity contribution is 5.35. The predicted molar refractivity (Wildman–Crippen MR) is 81.1 cm³/mol. The van der Waals surface area contributed by atoms with Gasteiger partial charge in [0.15, 0.2) is 0 Å². The van der Waals surface area contributed by atoms with E-state index in [4.69, 9.17) is 5.73 Å². The lowest BCUT2D eigenvalue weighted by Crippen LogP contribution is -2.18. The molecule has 0 aliphatic rings. The van der Waals surface area contributed by atoms with Crippen LogP contribution in [-0.4, -0.2) is 7.05 Å². The molecule has 19 heavy (non-hydrogen) atoms. The zero-order valence-electron chi connectivity index (χ0n) is 11.7. The van der Waals surface area contributed by atoms with Gasteiger partial charge in [0.25, 0.3) is 0 Å². The molecule has 0 spiro atoms. The van der Waals surface area contributed by atoms with E-state index in [0.29, 0.717) is 6.54 Å². The van der Waals surface area contributed by atoms with Crippen LogP contribution in [0, 0.1) is 0 Å². The molecule has 2 nitrogen and oxygen atoms in total. The minimum atomic E-state index is 0.220. The molecule has 2 aromatic carbocycles. The van der Waals surface area contributed by atoms with Crippen LogP contribution in [0.1, 0.15) is 35.2 Å². The van der Waals surface area contributed by atoms with Crippen molar-refractivity contribution in [2.75, 3.05) is 7.05 Å². The van der Waals surface area contributed by atoms with E-state index in [2.05, 4.69) is 60.8 Å². The number of aryl methyl sites for hydroxylation is 1. The van der Waals surface area contributed by atoms with Crippen molar-refractivity contribution in [3.05, 3.63) is 70.8 Å². The first-order valence-corrected chi connectivity index (χ1v) is 6.83. The minimum Gasteiger partial charge on any atom is -0.326 e. The van der Waals surface area contributed by atoms with Gasteiger partial charge in [-0.15, -0.1) is 0 Å². The molecule has 0 bridgehead atoms. The summed E-state index contributed by atoms with van der Waals surface area (Å²) in [4.78, 5) is 0. The third kappa shape index (κ3) is 3.22. The summed E-state index contributed by atoms with van der Waals surface area (Å²) < 4.78 is 0. The smallest absolute Gasteiger partial charge is 0.0574 e. The van der Waals surface area contributed by atoms with E-state index in [1.165, 1.54) is 22.3 Å². The van der Waals surface area contributed by atoms with Crippen molar-refractivity contribution in [3.8, 4) is 0 Å². The average Bonchev–Trinajstić information content (AvgIpc) is 2.49. The fraction of sp³-hybridized carbons (Fsp3) is 0.294. The summed E-state index contributed by atoms with van der Waals surface area (Å²) >= 11 is 0. The van der Waals surface area contributed by atoms with Crippen LogP contribution >= 0.6 is 0 Å². The van der Waals surface area contributed by atoms with E-state index in [0.717, 1.165) is 6.42 Å². The summed E-state index contributed by atoms with van der Waals surface area (Å²) in [6.45, 7) is 2.76. The van der Waals surface area contributed by atoms with Gasteiger partial charge in [-0.05, 0) is 35.7 Å². The molecule has 0 fully saturated rings. The third-order valence-corrected chi connectivity index (χ3v) is 3.53. The van der Waals surface area contributed by atoms with Crippen LogP contribution in [0.2, 0.25) is 0 Å². The second kappa shape index (κ2) is 6.50. The highest BCUT2D eigenvalue weighted by Gasteiger charge is 2.11. The highest BCUT2D eigenvalue weighted by Crippen LogP contribution is 2.23. The Bertz CT molecular complexity index is 517. The maximum absolute atomic E-state index is 5.72. The van der Waals surface area contributed by atoms with Gasteiger partial charge in [-0.3, -0.25) is 0 Å². The molecule has 2 rings (SSSR count). The monoisotopic (exact) mass is 254 g/mol. The number of nitrogens with two attached hydrogens (primary N) is 1. The van der Waals surface area contributed by atoms with Crippen molar-refractivity contribution in [3.63, 3.8) is 0 Å². The van der Waals surface area contributed by atoms with Gasteiger partial charge in [-0.25, -0.2) is 0 Å². The quantitative estimate of drug-likeness (QED) is 0.860. The van der Waals surface area contributed by atoms with Gasteiger partial charge in [0.1, 0.15) is 0 Å². The maximum atomic E-state index is 5.72. The van der Waals surface area contributed by atoms with Crippen molar-refractivity contribution >= 4 is 0 Å². The van der Waals surface area contributed by atoms with Crippen LogP contribution in [0.3, 0.4) is 0 Å². The standard InChI is InChI=1S/C17H22N2/c1-3-13-7-9-15(10-8-13)17(19-2)16-6-4-5-14(11-16)12-18/h4-11,17,19H,3,12,18H2,1-2H3. The minimum absolute atomic E-state index is 0.220. The molecule has 0 saturated carbocycles. The number of benzene rings is 2. The Kier molecular flexibility index (Phi) is 4.72. The molecule has 3 N–H and O–H groups in total. The molecule has 0 aliphatic heterocycles. The lowest BCUT2D eigenvalue weighted by atomic mass is 9.96. The first-order chi connectivity index (χ1) is 9.28. The Hall–Kier alpha value is -1.64. The number of nitrogens with one attached hydrogen (secondary N) is 1. The Morgan fingerprint density at radius 3 is 2.32 bits per heavy atom. The summed E-state index contributed by atoms with van der Waals surface area (Å²) in [6, 6.07) is 17.5. The van der Waals surface area contributed by atoms with Crippen molar-refractivity contribution in [2.45, 2.75) is 25.9 Å². The molecule has 0 saturated heterocycles. The summed E-state index contributed by atoms with van der Waals surface area (Å²) in [5, 5.41) is 3.38. The third-order valence-electron chi connectivity index (χ3n) is 3.53. The molecule has 2 aromatic rings. The van der Waals surface area contributed by atoms with E-state index >= 15 is 0 Å². The summed E-state index contributed by atoms with van der Waals surface area (Å²) in [5.41, 5.74) is 10.8. The molecule has 1 unspecified atom stereocenters. The first-order valence-electron chi connectivity index (χ1n) is 6.83. The predicted octanol–water partition coefficient (Wildman–Crippen LogP) is 3.02. The Balaban J connectivity index is 2.31. The van der Waals surface area contributed by atoms with E-state index in [9.17, 15) is 0 Å². The molecule has 2 heteroatoms. The molecule has 0 heterocycles. The van der Waals surface area contributed by atoms with Crippen LogP contribution in [0.4, 0.5) is 0 Å². The van der Waals surface area contributed by atoms with E-state index in [1.807, 2.05) is 7.05 Å². The highest BCUT2D eigenvalue weighted by atomic mass is 14.9. The molecule has 1 atom stereocenters. The zero-order chi connectivity index (χ0) is 13.7. The fourth-order valence-corrected chi connectivity index (χ4v) is 2.37. The average molecular weight is 254 g/mol. The molecule has 100 valence electrons. The lowest BCUT2D eigenvalue weighted by molar-refractivity contribution is 0.690. The Morgan fingerprint density at radius 1 is 1.00 bits per heavy atom. The largest absolute Gasteiger partial charge is 0.326 e. The second-order valence-corrected chi connectivity index (χ2v) is 4.77. The summed E-state index contributed by atoms with van der Waals surface area (Å²) in [5.74, 6) is 0. The molecule has 0 amide bonds. The van der Waals surface area contributed by atoms with Crippen molar-refractivity contribution in [2.24, 2.45) is 5.73 Å². The molecular formula is C17H22N2. The van der Waals surface area contributed by atoms with Crippen LogP contribution in [0.25, 0.3) is 0 Å². The SMILES string of the molecule is CCc1ccc(C(NC)c2cccc(CN)c2)cc1. The Labute approximate surface area is 115 Å². The van der Waals surface area contributed by atoms with Gasteiger partial charge in [-0.2, -0.15) is 0 Å². The number of hydrogen-bond acceptors (Lipinski definition) is 2. The van der Waals surface area contributed by atoms with E-state index in [-0.39, 0.29) is 6.04 Å². The van der Waals surface area contributed by atoms with Gasteiger partial charge in [-0.1, -0.05) is 55.5 Å². The van der Waals surface area contributed by atoms with Crippen LogP contribution in [0.15, 0.2) is 48.5 Å². The summed E-state index contributed by atoms with van der Waals surface area (Å²) in [7, 11) is 1.99. The molecule has 0 radical (unpaired) electrons. The van der Waals surface area contributed by atoms with Crippen molar-refractivity contribution in [1.82, 2.24) is 5.32 Å². The van der Waals surface area contributed by atoms with Crippen molar-refractivity contribution in [1.29, 1.82) is 0 Å². The Morgan fingerprint density at radius 2 is 1.74 bits per heavy atom. The summed E-state index contributed by atoms with van der Waals surface area (Å²) in [6.07, 6.45) is 1.08. The van der Waals surface area contributed by atoms with E-state index in [1.54, 1.807) is 0 Å². The van der Waals surface area contributed by atoms with Gasteiger partial charge in [0, 0.05) is 6.54 Å². The maximum Gasteiger partial charge on any atom is 0.0574 e. The van der Waals surface area contributed by atoms with Crippen LogP contribution in [-0.2, 0) is 13.0 Å². The molecular weight excluding hydrogens is 232 g/mol. The second-order valence-electron chi connectivity index (χ2n) is 4.77. The lowest BCUT2D eigenvalue weighted by Gasteiger charge is -2.18. The van der Waals surface area contributed by atoms with Gasteiger partial charge in [0.2, 0.25) is 0 Å².